The van der Waals surface area contributed by atoms with Crippen LogP contribution in [0.5, 0.6) is 5.75 Å². The lowest BCUT2D eigenvalue weighted by atomic mass is 9.98. The summed E-state index contributed by atoms with van der Waals surface area (Å²) in [5.41, 5.74) is 0.855. The molecule has 1 amide bonds. The molecule has 9 nitrogen and oxygen atoms in total. The van der Waals surface area contributed by atoms with E-state index in [0.717, 1.165) is 0 Å². The van der Waals surface area contributed by atoms with Gasteiger partial charge in [-0.15, -0.1) is 0 Å². The molecule has 0 saturated carbocycles. The number of aryl methyl sites for hydroxylation is 1. The van der Waals surface area contributed by atoms with Crippen LogP contribution in [-0.4, -0.2) is 49.9 Å². The summed E-state index contributed by atoms with van der Waals surface area (Å²) in [7, 11) is 1.52. The number of pyridine rings is 1. The van der Waals surface area contributed by atoms with E-state index in [1.807, 2.05) is 10.8 Å². The normalized spacial score (nSPS) is 16.0. The van der Waals surface area contributed by atoms with E-state index in [1.54, 1.807) is 61.2 Å². The smallest absolute Gasteiger partial charge is 0.290 e. The van der Waals surface area contributed by atoms with Crippen LogP contribution in [0.1, 0.15) is 28.7 Å². The number of fused-ring (bicyclic) bond motifs is 1. The number of amides is 1. The number of rotatable bonds is 8. The van der Waals surface area contributed by atoms with Gasteiger partial charge in [-0.2, -0.15) is 0 Å². The summed E-state index contributed by atoms with van der Waals surface area (Å²) >= 11 is 0. The standard InChI is InChI=1S/C25H22N4O5/c1-33-18-8-4-6-16-14-19(34-24(16)18)22(30)20-21(17-7-2-3-9-27-17)29(25(32)23(20)31)12-5-11-28-13-10-26-15-28/h2-4,6-10,13-15,21,31H,5,11-12H2,1H3/t21-/m0/s1. The van der Waals surface area contributed by atoms with Gasteiger partial charge >= 0.3 is 0 Å². The predicted molar refractivity (Wildman–Crippen MR) is 122 cm³/mol. The van der Waals surface area contributed by atoms with Crippen LogP contribution in [0.2, 0.25) is 0 Å². The maximum atomic E-state index is 13.6. The van der Waals surface area contributed by atoms with Crippen molar-refractivity contribution in [2.75, 3.05) is 13.7 Å². The van der Waals surface area contributed by atoms with Crippen molar-refractivity contribution in [3.63, 3.8) is 0 Å². The fourth-order valence-corrected chi connectivity index (χ4v) is 4.25. The SMILES string of the molecule is COc1cccc2cc(C(=O)C3=C(O)C(=O)N(CCCn4ccnc4)[C@H]3c3ccccn3)oc12. The zero-order chi connectivity index (χ0) is 23.7. The van der Waals surface area contributed by atoms with Gasteiger partial charge in [0, 0.05) is 37.1 Å². The number of aliphatic hydroxyl groups excluding tert-OH is 1. The first kappa shape index (κ1) is 21.4. The van der Waals surface area contributed by atoms with E-state index in [0.29, 0.717) is 41.9 Å². The number of carbonyl (C=O) groups excluding carboxylic acids is 2. The third-order valence-electron chi connectivity index (χ3n) is 5.84. The van der Waals surface area contributed by atoms with Crippen LogP contribution in [0, 0.1) is 0 Å². The van der Waals surface area contributed by atoms with E-state index in [4.69, 9.17) is 9.15 Å². The Morgan fingerprint density at radius 3 is 2.79 bits per heavy atom. The monoisotopic (exact) mass is 458 g/mol. The van der Waals surface area contributed by atoms with Crippen LogP contribution in [0.3, 0.4) is 0 Å². The van der Waals surface area contributed by atoms with Crippen LogP contribution >= 0.6 is 0 Å². The summed E-state index contributed by atoms with van der Waals surface area (Å²) in [6.45, 7) is 0.944. The summed E-state index contributed by atoms with van der Waals surface area (Å²) in [5, 5.41) is 11.5. The van der Waals surface area contributed by atoms with Gasteiger partial charge in [-0.05, 0) is 30.7 Å². The number of aromatic nitrogens is 3. The minimum atomic E-state index is -0.834. The third-order valence-corrected chi connectivity index (χ3v) is 5.84. The van der Waals surface area contributed by atoms with Crippen molar-refractivity contribution in [2.45, 2.75) is 19.0 Å². The first-order chi connectivity index (χ1) is 16.6. The molecule has 172 valence electrons. The largest absolute Gasteiger partial charge is 0.503 e. The molecule has 1 aliphatic heterocycles. The first-order valence-corrected chi connectivity index (χ1v) is 10.8. The molecule has 0 aliphatic carbocycles. The van der Waals surface area contributed by atoms with Gasteiger partial charge in [-0.3, -0.25) is 14.6 Å². The molecule has 0 bridgehead atoms. The maximum absolute atomic E-state index is 13.6. The number of benzene rings is 1. The van der Waals surface area contributed by atoms with Gasteiger partial charge in [0.15, 0.2) is 22.9 Å². The van der Waals surface area contributed by atoms with Gasteiger partial charge < -0.3 is 23.7 Å². The highest BCUT2D eigenvalue weighted by Crippen LogP contribution is 2.39. The average molecular weight is 458 g/mol. The minimum absolute atomic E-state index is 0.00930. The summed E-state index contributed by atoms with van der Waals surface area (Å²) in [5.74, 6) is -1.28. The number of methoxy groups -OCH3 is 1. The predicted octanol–water partition coefficient (Wildman–Crippen LogP) is 3.70. The summed E-state index contributed by atoms with van der Waals surface area (Å²) < 4.78 is 13.0. The number of carbonyl (C=O) groups is 2. The Morgan fingerprint density at radius 1 is 1.18 bits per heavy atom. The molecule has 1 aliphatic rings. The first-order valence-electron chi connectivity index (χ1n) is 10.8. The highest BCUT2D eigenvalue weighted by molar-refractivity contribution is 6.16. The molecule has 0 saturated heterocycles. The van der Waals surface area contributed by atoms with Gasteiger partial charge in [-0.1, -0.05) is 18.2 Å². The molecule has 1 atom stereocenters. The van der Waals surface area contributed by atoms with Gasteiger partial charge in [0.2, 0.25) is 5.78 Å². The third kappa shape index (κ3) is 3.71. The zero-order valence-electron chi connectivity index (χ0n) is 18.4. The number of ether oxygens (including phenoxy) is 1. The van der Waals surface area contributed by atoms with Crippen LogP contribution in [0.4, 0.5) is 0 Å². The number of Topliss-reactive ketones (excluding diaryl/α,β-unsaturated/α-hetero) is 1. The Kier molecular flexibility index (Phi) is 5.59. The summed E-state index contributed by atoms with van der Waals surface area (Å²) in [6, 6.07) is 11.3. The number of aliphatic hydroxyl groups is 1. The summed E-state index contributed by atoms with van der Waals surface area (Å²) in [6.07, 6.45) is 7.41. The van der Waals surface area contributed by atoms with Crippen molar-refractivity contribution in [3.05, 3.63) is 90.2 Å². The van der Waals surface area contributed by atoms with E-state index < -0.39 is 23.5 Å². The minimum Gasteiger partial charge on any atom is -0.503 e. The van der Waals surface area contributed by atoms with Crippen molar-refractivity contribution in [2.24, 2.45) is 0 Å². The Morgan fingerprint density at radius 2 is 2.06 bits per heavy atom. The number of hydrogen-bond acceptors (Lipinski definition) is 7. The molecule has 0 spiro atoms. The van der Waals surface area contributed by atoms with E-state index in [9.17, 15) is 14.7 Å². The Labute approximate surface area is 194 Å². The van der Waals surface area contributed by atoms with Gasteiger partial charge in [-0.25, -0.2) is 4.98 Å². The number of imidazole rings is 1. The van der Waals surface area contributed by atoms with Crippen molar-refractivity contribution >= 4 is 22.7 Å². The van der Waals surface area contributed by atoms with E-state index >= 15 is 0 Å². The van der Waals surface area contributed by atoms with Crippen LogP contribution in [0.25, 0.3) is 11.0 Å². The second-order valence-electron chi connectivity index (χ2n) is 7.89. The topological polar surface area (TPSA) is 111 Å². The molecule has 4 aromatic rings. The van der Waals surface area contributed by atoms with Crippen LogP contribution < -0.4 is 4.74 Å². The molecule has 9 heteroatoms. The fourth-order valence-electron chi connectivity index (χ4n) is 4.25. The molecule has 1 aromatic carbocycles. The second kappa shape index (κ2) is 8.86. The molecular formula is C25H22N4O5. The van der Waals surface area contributed by atoms with E-state index in [-0.39, 0.29) is 11.3 Å². The quantitative estimate of drug-likeness (QED) is 0.401. The molecule has 3 aromatic heterocycles. The second-order valence-corrected chi connectivity index (χ2v) is 7.89. The lowest BCUT2D eigenvalue weighted by molar-refractivity contribution is -0.129. The molecule has 0 radical (unpaired) electrons. The molecular weight excluding hydrogens is 436 g/mol. The Bertz CT molecular complexity index is 1380. The molecule has 34 heavy (non-hydrogen) atoms. The molecule has 4 heterocycles. The van der Waals surface area contributed by atoms with Crippen LogP contribution in [-0.2, 0) is 11.3 Å². The van der Waals surface area contributed by atoms with Crippen molar-refractivity contribution < 1.29 is 23.8 Å². The number of para-hydroxylation sites is 1. The van der Waals surface area contributed by atoms with E-state index in [2.05, 4.69) is 9.97 Å². The lowest BCUT2D eigenvalue weighted by Gasteiger charge is -2.25. The number of hydrogen-bond donors (Lipinski definition) is 1. The summed E-state index contributed by atoms with van der Waals surface area (Å²) in [4.78, 5) is 36.5. The zero-order valence-corrected chi connectivity index (χ0v) is 18.4. The number of ketones is 1. The van der Waals surface area contributed by atoms with Crippen LogP contribution in [0.15, 0.2) is 83.1 Å². The van der Waals surface area contributed by atoms with E-state index in [1.165, 1.54) is 12.0 Å². The van der Waals surface area contributed by atoms with Gasteiger partial charge in [0.1, 0.15) is 6.04 Å². The molecule has 1 N–H and O–H groups in total. The highest BCUT2D eigenvalue weighted by Gasteiger charge is 2.45. The fraction of sp³-hybridized carbons (Fsp3) is 0.200. The highest BCUT2D eigenvalue weighted by atomic mass is 16.5. The molecule has 5 rings (SSSR count). The average Bonchev–Trinajstić information content (AvgIpc) is 3.59. The maximum Gasteiger partial charge on any atom is 0.290 e. The Balaban J connectivity index is 1.50. The lowest BCUT2D eigenvalue weighted by Crippen LogP contribution is -2.33. The van der Waals surface area contributed by atoms with Crippen molar-refractivity contribution in [3.8, 4) is 5.75 Å². The van der Waals surface area contributed by atoms with Gasteiger partial charge in [0.25, 0.3) is 5.91 Å². The van der Waals surface area contributed by atoms with Crippen molar-refractivity contribution in [1.29, 1.82) is 0 Å². The molecule has 0 fully saturated rings. The molecule has 0 unspecified atom stereocenters. The number of furan rings is 1. The van der Waals surface area contributed by atoms with Crippen molar-refractivity contribution in [1.82, 2.24) is 19.4 Å². The van der Waals surface area contributed by atoms with Gasteiger partial charge in [0.05, 0.1) is 24.7 Å². The Hall–Kier alpha value is -4.40. The number of nitrogens with zero attached hydrogens (tertiary/aromatic N) is 4.